The first-order valence-corrected chi connectivity index (χ1v) is 7.55. The predicted octanol–water partition coefficient (Wildman–Crippen LogP) is 2.72. The molecule has 116 valence electrons. The summed E-state index contributed by atoms with van der Waals surface area (Å²) in [6.45, 7) is 6.47. The van der Waals surface area contributed by atoms with Gasteiger partial charge in [0.15, 0.2) is 0 Å². The van der Waals surface area contributed by atoms with Gasteiger partial charge in [-0.3, -0.25) is 4.79 Å². The topological polar surface area (TPSA) is 71.2 Å². The Hall–Kier alpha value is -1.62. The van der Waals surface area contributed by atoms with E-state index in [0.717, 1.165) is 18.5 Å². The summed E-state index contributed by atoms with van der Waals surface area (Å²) >= 11 is 0. The highest BCUT2D eigenvalue weighted by Crippen LogP contribution is 2.36. The van der Waals surface area contributed by atoms with Crippen molar-refractivity contribution in [3.8, 4) is 0 Å². The molecule has 1 aliphatic carbocycles. The molecule has 2 rings (SSSR count). The van der Waals surface area contributed by atoms with Gasteiger partial charge in [0.05, 0.1) is 0 Å². The summed E-state index contributed by atoms with van der Waals surface area (Å²) in [5.41, 5.74) is 4.34. The van der Waals surface area contributed by atoms with Crippen LogP contribution in [0.5, 0.6) is 0 Å². The number of pyridine rings is 1. The van der Waals surface area contributed by atoms with E-state index >= 15 is 0 Å². The monoisotopic (exact) mass is 290 g/mol. The lowest BCUT2D eigenvalue weighted by Crippen LogP contribution is -2.40. The molecule has 0 spiro atoms. The average molecular weight is 290 g/mol. The first-order valence-electron chi connectivity index (χ1n) is 7.55. The highest BCUT2D eigenvalue weighted by molar-refractivity contribution is 5.95. The van der Waals surface area contributed by atoms with Gasteiger partial charge in [0.2, 0.25) is 0 Å². The van der Waals surface area contributed by atoms with Crippen LogP contribution in [0.2, 0.25) is 0 Å². The van der Waals surface area contributed by atoms with E-state index in [2.05, 4.69) is 24.3 Å². The number of aryl methyl sites for hydroxylation is 1. The fourth-order valence-corrected chi connectivity index (χ4v) is 3.01. The molecule has 21 heavy (non-hydrogen) atoms. The number of nitrogens with two attached hydrogens (primary N) is 1. The first-order chi connectivity index (χ1) is 9.82. The molecule has 0 radical (unpaired) electrons. The maximum Gasteiger partial charge on any atom is 0.254 e. The lowest BCUT2D eigenvalue weighted by molar-refractivity contribution is 0.0635. The van der Waals surface area contributed by atoms with Gasteiger partial charge in [-0.1, -0.05) is 13.8 Å². The van der Waals surface area contributed by atoms with Crippen LogP contribution in [0.1, 0.15) is 55.6 Å². The summed E-state index contributed by atoms with van der Waals surface area (Å²) in [6.07, 6.45) is 4.48. The number of aromatic nitrogens is 1. The number of amides is 1. The van der Waals surface area contributed by atoms with Gasteiger partial charge in [-0.15, -0.1) is 0 Å². The number of carbonyl (C=O) groups excluding carboxylic acids is 1. The molecule has 1 aromatic rings. The van der Waals surface area contributed by atoms with Crippen molar-refractivity contribution in [1.29, 1.82) is 0 Å². The Bertz CT molecular complexity index is 517. The molecule has 5 nitrogen and oxygen atoms in total. The Morgan fingerprint density at radius 1 is 1.38 bits per heavy atom. The van der Waals surface area contributed by atoms with Crippen LogP contribution in [0.4, 0.5) is 5.82 Å². The molecule has 3 N–H and O–H groups in total. The highest BCUT2D eigenvalue weighted by atomic mass is 16.2. The quantitative estimate of drug-likeness (QED) is 0.663. The van der Waals surface area contributed by atoms with Crippen LogP contribution >= 0.6 is 0 Å². The van der Waals surface area contributed by atoms with Crippen LogP contribution < -0.4 is 11.3 Å². The average Bonchev–Trinajstić information content (AvgIpc) is 2.45. The zero-order valence-corrected chi connectivity index (χ0v) is 13.4. The Kier molecular flexibility index (Phi) is 4.52. The number of hydrogen-bond acceptors (Lipinski definition) is 4. The van der Waals surface area contributed by atoms with E-state index in [4.69, 9.17) is 5.84 Å². The second-order valence-electron chi connectivity index (χ2n) is 6.84. The van der Waals surface area contributed by atoms with Crippen LogP contribution in [-0.4, -0.2) is 28.9 Å². The van der Waals surface area contributed by atoms with Crippen LogP contribution in [0.25, 0.3) is 0 Å². The number of anilines is 1. The first kappa shape index (κ1) is 15.8. The van der Waals surface area contributed by atoms with E-state index in [1.54, 1.807) is 6.07 Å². The summed E-state index contributed by atoms with van der Waals surface area (Å²) in [4.78, 5) is 18.8. The van der Waals surface area contributed by atoms with E-state index in [1.807, 2.05) is 24.9 Å². The zero-order chi connectivity index (χ0) is 15.6. The summed E-state index contributed by atoms with van der Waals surface area (Å²) in [5.74, 6) is 5.97. The van der Waals surface area contributed by atoms with Crippen molar-refractivity contribution in [2.24, 2.45) is 11.3 Å². The molecular formula is C16H26N4O. The van der Waals surface area contributed by atoms with Gasteiger partial charge >= 0.3 is 0 Å². The summed E-state index contributed by atoms with van der Waals surface area (Å²) in [7, 11) is 1.90. The minimum atomic E-state index is 0.0432. The van der Waals surface area contributed by atoms with Crippen molar-refractivity contribution in [1.82, 2.24) is 9.88 Å². The molecule has 0 aromatic carbocycles. The molecular weight excluding hydrogens is 264 g/mol. The van der Waals surface area contributed by atoms with Crippen LogP contribution in [-0.2, 0) is 0 Å². The van der Waals surface area contributed by atoms with Crippen molar-refractivity contribution >= 4 is 11.7 Å². The SMILES string of the molecule is Cc1cc(C(=O)N(C)C2CCC(C)(C)CC2)cc(NN)n1. The third kappa shape index (κ3) is 3.73. The molecule has 0 saturated heterocycles. The van der Waals surface area contributed by atoms with Crippen molar-refractivity contribution in [3.05, 3.63) is 23.4 Å². The Morgan fingerprint density at radius 2 is 2.00 bits per heavy atom. The smallest absolute Gasteiger partial charge is 0.254 e. The van der Waals surface area contributed by atoms with Gasteiger partial charge in [0.25, 0.3) is 5.91 Å². The number of nitrogen functional groups attached to an aromatic ring is 1. The van der Waals surface area contributed by atoms with Crippen LogP contribution in [0, 0.1) is 12.3 Å². The molecule has 1 amide bonds. The molecule has 1 fully saturated rings. The van der Waals surface area contributed by atoms with E-state index in [1.165, 1.54) is 12.8 Å². The number of nitrogens with zero attached hydrogens (tertiary/aromatic N) is 2. The molecule has 1 saturated carbocycles. The van der Waals surface area contributed by atoms with Crippen LogP contribution in [0.15, 0.2) is 12.1 Å². The molecule has 1 heterocycles. The van der Waals surface area contributed by atoms with Gasteiger partial charge in [-0.05, 0) is 50.2 Å². The number of nitrogens with one attached hydrogen (secondary N) is 1. The van der Waals surface area contributed by atoms with Gasteiger partial charge < -0.3 is 10.3 Å². The van der Waals surface area contributed by atoms with E-state index in [-0.39, 0.29) is 5.91 Å². The summed E-state index contributed by atoms with van der Waals surface area (Å²) < 4.78 is 0. The normalized spacial score (nSPS) is 18.3. The van der Waals surface area contributed by atoms with Gasteiger partial charge in [-0.2, -0.15) is 0 Å². The summed E-state index contributed by atoms with van der Waals surface area (Å²) in [6, 6.07) is 3.85. The molecule has 0 aliphatic heterocycles. The Morgan fingerprint density at radius 3 is 2.57 bits per heavy atom. The molecule has 0 atom stereocenters. The van der Waals surface area contributed by atoms with Gasteiger partial charge in [-0.25, -0.2) is 10.8 Å². The van der Waals surface area contributed by atoms with Crippen molar-refractivity contribution < 1.29 is 4.79 Å². The Labute approximate surface area is 126 Å². The predicted molar refractivity (Wildman–Crippen MR) is 84.9 cm³/mol. The fraction of sp³-hybridized carbons (Fsp3) is 0.625. The molecule has 1 aliphatic rings. The minimum absolute atomic E-state index is 0.0432. The second-order valence-corrected chi connectivity index (χ2v) is 6.84. The maximum absolute atomic E-state index is 12.7. The largest absolute Gasteiger partial charge is 0.339 e. The van der Waals surface area contributed by atoms with Gasteiger partial charge in [0.1, 0.15) is 5.82 Å². The third-order valence-corrected chi connectivity index (χ3v) is 4.52. The lowest BCUT2D eigenvalue weighted by atomic mass is 9.75. The number of carbonyl (C=O) groups is 1. The lowest BCUT2D eigenvalue weighted by Gasteiger charge is -2.38. The van der Waals surface area contributed by atoms with E-state index < -0.39 is 0 Å². The number of hydrogen-bond donors (Lipinski definition) is 2. The fourth-order valence-electron chi connectivity index (χ4n) is 3.01. The minimum Gasteiger partial charge on any atom is -0.339 e. The van der Waals surface area contributed by atoms with E-state index in [9.17, 15) is 4.79 Å². The van der Waals surface area contributed by atoms with Crippen LogP contribution in [0.3, 0.4) is 0 Å². The van der Waals surface area contributed by atoms with Crippen molar-refractivity contribution in [3.63, 3.8) is 0 Å². The molecule has 1 aromatic heterocycles. The number of hydrazine groups is 1. The molecule has 0 unspecified atom stereocenters. The van der Waals surface area contributed by atoms with Crippen molar-refractivity contribution in [2.45, 2.75) is 52.5 Å². The number of rotatable bonds is 3. The zero-order valence-electron chi connectivity index (χ0n) is 13.4. The van der Waals surface area contributed by atoms with E-state index in [0.29, 0.717) is 22.8 Å². The maximum atomic E-state index is 12.7. The Balaban J connectivity index is 2.11. The summed E-state index contributed by atoms with van der Waals surface area (Å²) in [5, 5.41) is 0. The molecule has 0 bridgehead atoms. The van der Waals surface area contributed by atoms with Gasteiger partial charge in [0, 0.05) is 24.3 Å². The second kappa shape index (κ2) is 6.02. The highest BCUT2D eigenvalue weighted by Gasteiger charge is 2.30. The van der Waals surface area contributed by atoms with Crippen molar-refractivity contribution in [2.75, 3.05) is 12.5 Å². The standard InChI is InChI=1S/C16H26N4O/c1-11-9-12(10-14(18-11)19-17)15(21)20(4)13-5-7-16(2,3)8-6-13/h9-10,13H,5-8,17H2,1-4H3,(H,18,19). The molecule has 5 heteroatoms. The third-order valence-electron chi connectivity index (χ3n) is 4.52.